The van der Waals surface area contributed by atoms with E-state index < -0.39 is 0 Å². The van der Waals surface area contributed by atoms with Crippen LogP contribution in [0.2, 0.25) is 0 Å². The summed E-state index contributed by atoms with van der Waals surface area (Å²) in [6, 6.07) is 0. The van der Waals surface area contributed by atoms with Gasteiger partial charge in [-0.15, -0.1) is 0 Å². The smallest absolute Gasteiger partial charge is 1.00 e. The first-order chi connectivity index (χ1) is 0. The first kappa shape index (κ1) is 63.4. The number of rotatable bonds is 0. The molecule has 0 N–H and O–H groups in total. The molecule has 0 fully saturated rings. The molecule has 0 heterocycles. The SMILES string of the molecule is [Cl-].[Cl-].[Cl-].[Li+].[Mn+2]. The van der Waals surface area contributed by atoms with Crippen LogP contribution >= 0.6 is 0 Å². The van der Waals surface area contributed by atoms with Crippen molar-refractivity contribution < 1.29 is 73.2 Å². The van der Waals surface area contributed by atoms with E-state index in [-0.39, 0.29) is 73.2 Å². The first-order valence-electron chi connectivity index (χ1n) is 0. The molecule has 0 rings (SSSR count). The molecule has 1 radical (unpaired) electrons. The van der Waals surface area contributed by atoms with Crippen LogP contribution in [0.4, 0.5) is 0 Å². The largest absolute Gasteiger partial charge is 2.00 e. The van der Waals surface area contributed by atoms with Crippen molar-refractivity contribution in [1.82, 2.24) is 0 Å². The van der Waals surface area contributed by atoms with E-state index >= 15 is 0 Å². The fraction of sp³-hybridized carbons (Fsp3) is 0. The minimum Gasteiger partial charge on any atom is -1.00 e. The van der Waals surface area contributed by atoms with Crippen LogP contribution in [0.1, 0.15) is 0 Å². The molecule has 0 saturated carbocycles. The fourth-order valence-electron chi connectivity index (χ4n) is 0. The third-order valence-corrected chi connectivity index (χ3v) is 0. The first-order valence-corrected chi connectivity index (χ1v) is 0. The summed E-state index contributed by atoms with van der Waals surface area (Å²) < 4.78 is 0. The summed E-state index contributed by atoms with van der Waals surface area (Å²) in [6.07, 6.45) is 0. The van der Waals surface area contributed by atoms with E-state index in [4.69, 9.17) is 0 Å². The van der Waals surface area contributed by atoms with Crippen LogP contribution in [0.15, 0.2) is 0 Å². The van der Waals surface area contributed by atoms with Gasteiger partial charge in [-0.05, 0) is 0 Å². The van der Waals surface area contributed by atoms with E-state index in [9.17, 15) is 0 Å². The zero-order valence-corrected chi connectivity index (χ0v) is 5.96. The van der Waals surface area contributed by atoms with Gasteiger partial charge in [0, 0.05) is 0 Å². The maximum atomic E-state index is 0. The predicted octanol–water partition coefficient (Wildman–Crippen LogP) is -12.0. The Hall–Kier alpha value is 1.99. The maximum absolute atomic E-state index is 0. The topological polar surface area (TPSA) is 0 Å². The van der Waals surface area contributed by atoms with Crippen LogP contribution in [-0.2, 0) is 17.1 Å². The molecule has 0 aliphatic carbocycles. The van der Waals surface area contributed by atoms with Crippen molar-refractivity contribution in [2.75, 3.05) is 0 Å². The molecule has 29 valence electrons. The Morgan fingerprint density at radius 2 is 0.600 bits per heavy atom. The van der Waals surface area contributed by atoms with Crippen molar-refractivity contribution in [3.63, 3.8) is 0 Å². The molecule has 0 nitrogen and oxygen atoms in total. The van der Waals surface area contributed by atoms with Gasteiger partial charge in [-0.25, -0.2) is 0 Å². The van der Waals surface area contributed by atoms with E-state index in [0.29, 0.717) is 0 Å². The second-order valence-corrected chi connectivity index (χ2v) is 0. The Bertz CT molecular complexity index is 6.85. The second-order valence-electron chi connectivity index (χ2n) is 0. The summed E-state index contributed by atoms with van der Waals surface area (Å²) >= 11 is 0. The second kappa shape index (κ2) is 37.7. The molecule has 0 unspecified atom stereocenters. The number of halogens is 3. The third kappa shape index (κ3) is 24.1. The summed E-state index contributed by atoms with van der Waals surface area (Å²) in [5, 5.41) is 0. The molecule has 0 amide bonds. The van der Waals surface area contributed by atoms with E-state index in [1.165, 1.54) is 0 Å². The van der Waals surface area contributed by atoms with E-state index in [2.05, 4.69) is 0 Å². The zero-order chi connectivity index (χ0) is 0. The average Bonchev–Trinajstić information content (AvgIpc) is 0. The van der Waals surface area contributed by atoms with E-state index in [0.717, 1.165) is 0 Å². The summed E-state index contributed by atoms with van der Waals surface area (Å²) in [4.78, 5) is 0. The van der Waals surface area contributed by atoms with Crippen LogP contribution < -0.4 is 56.1 Å². The van der Waals surface area contributed by atoms with Crippen molar-refractivity contribution >= 4 is 0 Å². The Morgan fingerprint density at radius 1 is 0.600 bits per heavy atom. The molecular formula is Cl3LiMn. The van der Waals surface area contributed by atoms with Crippen molar-refractivity contribution in [2.24, 2.45) is 0 Å². The summed E-state index contributed by atoms with van der Waals surface area (Å²) in [7, 11) is 0. The molecule has 5 heteroatoms. The van der Waals surface area contributed by atoms with Crippen molar-refractivity contribution in [2.45, 2.75) is 0 Å². The van der Waals surface area contributed by atoms with Gasteiger partial charge >= 0.3 is 35.9 Å². The molecule has 0 bridgehead atoms. The molecule has 0 aromatic heterocycles. The van der Waals surface area contributed by atoms with Gasteiger partial charge in [-0.1, -0.05) is 0 Å². The predicted molar refractivity (Wildman–Crippen MR) is 0 cm³/mol. The Kier molecular flexibility index (Phi) is 479. The molecule has 0 saturated heterocycles. The average molecular weight is 168 g/mol. The minimum absolute atomic E-state index is 0. The molecule has 0 spiro atoms. The zero-order valence-electron chi connectivity index (χ0n) is 2.51. The quantitative estimate of drug-likeness (QED) is 0.315. The van der Waals surface area contributed by atoms with Gasteiger partial charge in [0.25, 0.3) is 0 Å². The number of hydrogen-bond donors (Lipinski definition) is 0. The molecule has 0 aliphatic heterocycles. The van der Waals surface area contributed by atoms with Gasteiger partial charge in [-0.2, -0.15) is 0 Å². The standard InChI is InChI=1S/3ClH.Li.Mn/h3*1H;;/q;;;+1;+2/p-3. The van der Waals surface area contributed by atoms with Crippen LogP contribution in [0.5, 0.6) is 0 Å². The Balaban J connectivity index is 0. The van der Waals surface area contributed by atoms with Crippen molar-refractivity contribution in [3.8, 4) is 0 Å². The van der Waals surface area contributed by atoms with Crippen LogP contribution in [0, 0.1) is 0 Å². The van der Waals surface area contributed by atoms with Gasteiger partial charge in [0.2, 0.25) is 0 Å². The van der Waals surface area contributed by atoms with Crippen molar-refractivity contribution in [1.29, 1.82) is 0 Å². The van der Waals surface area contributed by atoms with Gasteiger partial charge in [0.05, 0.1) is 0 Å². The van der Waals surface area contributed by atoms with Crippen LogP contribution in [0.3, 0.4) is 0 Å². The molecule has 5 heavy (non-hydrogen) atoms. The molecule has 0 aromatic rings. The molecule has 0 aliphatic rings. The monoisotopic (exact) mass is 167 g/mol. The summed E-state index contributed by atoms with van der Waals surface area (Å²) in [5.74, 6) is 0. The summed E-state index contributed by atoms with van der Waals surface area (Å²) in [5.41, 5.74) is 0. The normalized spacial score (nSPS) is 0. The fourth-order valence-corrected chi connectivity index (χ4v) is 0. The van der Waals surface area contributed by atoms with Gasteiger partial charge in [0.1, 0.15) is 0 Å². The molecular weight excluding hydrogens is 168 g/mol. The Labute approximate surface area is 72.7 Å². The van der Waals surface area contributed by atoms with E-state index in [1.54, 1.807) is 0 Å². The van der Waals surface area contributed by atoms with Crippen molar-refractivity contribution in [3.05, 3.63) is 0 Å². The molecule has 0 aromatic carbocycles. The third-order valence-electron chi connectivity index (χ3n) is 0. The van der Waals surface area contributed by atoms with Gasteiger partial charge < -0.3 is 37.2 Å². The number of hydrogen-bond acceptors (Lipinski definition) is 0. The Morgan fingerprint density at radius 3 is 0.600 bits per heavy atom. The summed E-state index contributed by atoms with van der Waals surface area (Å²) in [6.45, 7) is 0. The minimum atomic E-state index is 0. The maximum Gasteiger partial charge on any atom is 2.00 e. The van der Waals surface area contributed by atoms with E-state index in [1.807, 2.05) is 0 Å². The van der Waals surface area contributed by atoms with Gasteiger partial charge in [0.15, 0.2) is 0 Å². The van der Waals surface area contributed by atoms with Gasteiger partial charge in [-0.3, -0.25) is 0 Å². The van der Waals surface area contributed by atoms with Crippen LogP contribution in [-0.4, -0.2) is 0 Å². The molecule has 0 atom stereocenters. The van der Waals surface area contributed by atoms with Crippen LogP contribution in [0.25, 0.3) is 0 Å².